The number of nitrogens with two attached hydrogens (primary N) is 1. The Hall–Kier alpha value is -1.35. The van der Waals surface area contributed by atoms with Crippen LogP contribution in [0.1, 0.15) is 10.6 Å². The van der Waals surface area contributed by atoms with E-state index in [4.69, 9.17) is 5.73 Å². The lowest BCUT2D eigenvalue weighted by atomic mass is 10.1. The Morgan fingerprint density at radius 1 is 1.29 bits per heavy atom. The van der Waals surface area contributed by atoms with Gasteiger partial charge in [-0.15, -0.1) is 11.3 Å². The fourth-order valence-corrected chi connectivity index (χ4v) is 2.00. The molecule has 1 aromatic carbocycles. The third-order valence-electron chi connectivity index (χ3n) is 2.06. The lowest BCUT2D eigenvalue weighted by molar-refractivity contribution is 0.944. The molecule has 0 fully saturated rings. The Balaban J connectivity index is 1.98. The summed E-state index contributed by atoms with van der Waals surface area (Å²) in [5.74, 6) is 0. The molecule has 2 N–H and O–H groups in total. The van der Waals surface area contributed by atoms with Crippen LogP contribution in [0.5, 0.6) is 0 Å². The minimum absolute atomic E-state index is 0.835. The van der Waals surface area contributed by atoms with Gasteiger partial charge in [-0.1, -0.05) is 12.1 Å². The summed E-state index contributed by atoms with van der Waals surface area (Å²) in [6, 6.07) is 8.02. The maximum absolute atomic E-state index is 5.69. The molecule has 3 heteroatoms. The van der Waals surface area contributed by atoms with Crippen LogP contribution >= 0.6 is 11.3 Å². The molecule has 0 spiro atoms. The smallest absolute Gasteiger partial charge is 0.0928 e. The van der Waals surface area contributed by atoms with E-state index in [1.165, 1.54) is 10.6 Å². The second-order valence-corrected chi connectivity index (χ2v) is 4.15. The summed E-state index contributed by atoms with van der Waals surface area (Å²) in [6.45, 7) is 0. The predicted molar refractivity (Wildman–Crippen MR) is 60.4 cm³/mol. The maximum atomic E-state index is 5.69. The van der Waals surface area contributed by atoms with Crippen molar-refractivity contribution in [2.45, 2.75) is 12.8 Å². The molecule has 0 unspecified atom stereocenters. The summed E-state index contributed by atoms with van der Waals surface area (Å²) >= 11 is 1.70. The molecule has 0 bridgehead atoms. The highest BCUT2D eigenvalue weighted by molar-refractivity contribution is 7.09. The number of hydrogen-bond acceptors (Lipinski definition) is 3. The van der Waals surface area contributed by atoms with Crippen LogP contribution in [0.2, 0.25) is 0 Å². The highest BCUT2D eigenvalue weighted by atomic mass is 32.1. The molecule has 14 heavy (non-hydrogen) atoms. The highest BCUT2D eigenvalue weighted by Crippen LogP contribution is 2.11. The standard InChI is InChI=1S/C11H12N2S/c12-10-3-1-2-9(8-10)4-5-11-13-6-7-14-11/h1-3,6-8H,4-5,12H2. The molecular formula is C11H12N2S. The Morgan fingerprint density at radius 2 is 2.21 bits per heavy atom. The molecular weight excluding hydrogens is 192 g/mol. The van der Waals surface area contributed by atoms with E-state index in [0.717, 1.165) is 18.5 Å². The van der Waals surface area contributed by atoms with Crippen molar-refractivity contribution in [2.75, 3.05) is 5.73 Å². The average molecular weight is 204 g/mol. The monoisotopic (exact) mass is 204 g/mol. The van der Waals surface area contributed by atoms with Gasteiger partial charge in [-0.2, -0.15) is 0 Å². The number of rotatable bonds is 3. The van der Waals surface area contributed by atoms with Crippen LogP contribution in [-0.2, 0) is 12.8 Å². The zero-order chi connectivity index (χ0) is 9.80. The first kappa shape index (κ1) is 9.21. The quantitative estimate of drug-likeness (QED) is 0.780. The van der Waals surface area contributed by atoms with Crippen LogP contribution < -0.4 is 5.73 Å². The van der Waals surface area contributed by atoms with Crippen molar-refractivity contribution in [3.8, 4) is 0 Å². The second kappa shape index (κ2) is 4.24. The fraction of sp³-hybridized carbons (Fsp3) is 0.182. The summed E-state index contributed by atoms with van der Waals surface area (Å²) < 4.78 is 0. The van der Waals surface area contributed by atoms with Crippen molar-refractivity contribution >= 4 is 17.0 Å². The first-order valence-corrected chi connectivity index (χ1v) is 5.45. The molecule has 72 valence electrons. The number of hydrogen-bond donors (Lipinski definition) is 1. The van der Waals surface area contributed by atoms with Crippen LogP contribution in [0.3, 0.4) is 0 Å². The van der Waals surface area contributed by atoms with E-state index in [-0.39, 0.29) is 0 Å². The minimum Gasteiger partial charge on any atom is -0.399 e. The van der Waals surface area contributed by atoms with Gasteiger partial charge in [-0.05, 0) is 24.1 Å². The summed E-state index contributed by atoms with van der Waals surface area (Å²) in [7, 11) is 0. The predicted octanol–water partition coefficient (Wildman–Crippen LogP) is 2.51. The highest BCUT2D eigenvalue weighted by Gasteiger charge is 1.97. The molecule has 2 nitrogen and oxygen atoms in total. The average Bonchev–Trinajstić information content (AvgIpc) is 2.67. The molecule has 0 saturated heterocycles. The normalized spacial score (nSPS) is 10.3. The van der Waals surface area contributed by atoms with Gasteiger partial charge >= 0.3 is 0 Å². The second-order valence-electron chi connectivity index (χ2n) is 3.17. The molecule has 0 aliphatic rings. The van der Waals surface area contributed by atoms with Crippen LogP contribution in [-0.4, -0.2) is 4.98 Å². The van der Waals surface area contributed by atoms with Gasteiger partial charge in [-0.3, -0.25) is 0 Å². The van der Waals surface area contributed by atoms with E-state index in [1.54, 1.807) is 11.3 Å². The van der Waals surface area contributed by atoms with Gasteiger partial charge in [0.1, 0.15) is 0 Å². The Kier molecular flexibility index (Phi) is 2.79. The lowest BCUT2D eigenvalue weighted by Gasteiger charge is -2.00. The summed E-state index contributed by atoms with van der Waals surface area (Å²) in [6.07, 6.45) is 3.86. The molecule has 1 aromatic heterocycles. The topological polar surface area (TPSA) is 38.9 Å². The molecule has 0 radical (unpaired) electrons. The maximum Gasteiger partial charge on any atom is 0.0928 e. The van der Waals surface area contributed by atoms with Gasteiger partial charge in [0, 0.05) is 23.7 Å². The van der Waals surface area contributed by atoms with E-state index in [2.05, 4.69) is 11.1 Å². The van der Waals surface area contributed by atoms with Crippen LogP contribution in [0.25, 0.3) is 0 Å². The molecule has 0 amide bonds. The molecule has 2 rings (SSSR count). The number of thiazole rings is 1. The first-order valence-electron chi connectivity index (χ1n) is 4.57. The largest absolute Gasteiger partial charge is 0.399 e. The Labute approximate surface area is 87.4 Å². The summed E-state index contributed by atoms with van der Waals surface area (Å²) in [5, 5.41) is 3.20. The number of aryl methyl sites for hydroxylation is 2. The molecule has 0 saturated carbocycles. The van der Waals surface area contributed by atoms with Crippen molar-refractivity contribution in [1.29, 1.82) is 0 Å². The fourth-order valence-electron chi connectivity index (χ4n) is 1.38. The molecule has 0 atom stereocenters. The zero-order valence-electron chi connectivity index (χ0n) is 7.81. The van der Waals surface area contributed by atoms with Gasteiger partial charge in [0.15, 0.2) is 0 Å². The van der Waals surface area contributed by atoms with Crippen molar-refractivity contribution in [1.82, 2.24) is 4.98 Å². The summed E-state index contributed by atoms with van der Waals surface area (Å²) in [4.78, 5) is 4.24. The van der Waals surface area contributed by atoms with E-state index in [9.17, 15) is 0 Å². The molecule has 2 aromatic rings. The molecule has 0 aliphatic carbocycles. The minimum atomic E-state index is 0.835. The Morgan fingerprint density at radius 3 is 2.93 bits per heavy atom. The van der Waals surface area contributed by atoms with Crippen molar-refractivity contribution in [3.63, 3.8) is 0 Å². The lowest BCUT2D eigenvalue weighted by Crippen LogP contribution is -1.92. The number of nitrogen functional groups attached to an aromatic ring is 1. The number of nitrogens with zero attached hydrogens (tertiary/aromatic N) is 1. The van der Waals surface area contributed by atoms with Gasteiger partial charge < -0.3 is 5.73 Å². The number of aromatic nitrogens is 1. The van der Waals surface area contributed by atoms with E-state index >= 15 is 0 Å². The third-order valence-corrected chi connectivity index (χ3v) is 2.90. The van der Waals surface area contributed by atoms with Crippen molar-refractivity contribution in [2.24, 2.45) is 0 Å². The van der Waals surface area contributed by atoms with Gasteiger partial charge in [-0.25, -0.2) is 4.98 Å². The van der Waals surface area contributed by atoms with Crippen LogP contribution in [0.15, 0.2) is 35.8 Å². The van der Waals surface area contributed by atoms with Gasteiger partial charge in [0.05, 0.1) is 5.01 Å². The number of anilines is 1. The van der Waals surface area contributed by atoms with E-state index in [1.807, 2.05) is 29.8 Å². The van der Waals surface area contributed by atoms with Gasteiger partial charge in [0.2, 0.25) is 0 Å². The Bertz CT molecular complexity index is 395. The van der Waals surface area contributed by atoms with Gasteiger partial charge in [0.25, 0.3) is 0 Å². The van der Waals surface area contributed by atoms with Crippen molar-refractivity contribution < 1.29 is 0 Å². The van der Waals surface area contributed by atoms with E-state index in [0.29, 0.717) is 0 Å². The first-order chi connectivity index (χ1) is 6.84. The SMILES string of the molecule is Nc1cccc(CCc2nccs2)c1. The third kappa shape index (κ3) is 2.33. The van der Waals surface area contributed by atoms with Crippen LogP contribution in [0.4, 0.5) is 5.69 Å². The molecule has 0 aliphatic heterocycles. The molecule has 1 heterocycles. The van der Waals surface area contributed by atoms with Crippen molar-refractivity contribution in [3.05, 3.63) is 46.4 Å². The van der Waals surface area contributed by atoms with E-state index < -0.39 is 0 Å². The summed E-state index contributed by atoms with van der Waals surface area (Å²) in [5.41, 5.74) is 7.81. The number of benzene rings is 1. The van der Waals surface area contributed by atoms with Crippen LogP contribution in [0, 0.1) is 0 Å². The zero-order valence-corrected chi connectivity index (χ0v) is 8.63.